The average molecular weight is 341 g/mol. The van der Waals surface area contributed by atoms with Gasteiger partial charge in [0.05, 0.1) is 0 Å². The topological polar surface area (TPSA) is 45.8 Å². The van der Waals surface area contributed by atoms with Crippen molar-refractivity contribution in [1.29, 1.82) is 0 Å². The van der Waals surface area contributed by atoms with Crippen LogP contribution in [0.1, 0.15) is 22.9 Å². The van der Waals surface area contributed by atoms with E-state index in [4.69, 9.17) is 23.2 Å². The van der Waals surface area contributed by atoms with E-state index in [9.17, 15) is 4.79 Å². The molecule has 1 heterocycles. The number of aromatic amines is 1. The van der Waals surface area contributed by atoms with Gasteiger partial charge in [-0.2, -0.15) is 0 Å². The number of hydrogen-bond donors (Lipinski definition) is 1. The predicted molar refractivity (Wildman–Crippen MR) is 87.2 cm³/mol. The molecule has 0 spiro atoms. The van der Waals surface area contributed by atoms with E-state index >= 15 is 0 Å². The van der Waals surface area contributed by atoms with Gasteiger partial charge in [-0.3, -0.25) is 4.79 Å². The fourth-order valence-corrected chi connectivity index (χ4v) is 4.43. The minimum atomic E-state index is -0.683. The van der Waals surface area contributed by atoms with Crippen molar-refractivity contribution in [3.63, 3.8) is 0 Å². The van der Waals surface area contributed by atoms with E-state index in [1.54, 1.807) is 6.92 Å². The maximum atomic E-state index is 11.6. The van der Waals surface area contributed by atoms with Gasteiger partial charge in [-0.05, 0) is 18.9 Å². The number of benzene rings is 1. The number of nitrogens with zero attached hydrogens (tertiary/aromatic N) is 1. The van der Waals surface area contributed by atoms with E-state index in [-0.39, 0.29) is 16.7 Å². The number of aryl methyl sites for hydroxylation is 1. The van der Waals surface area contributed by atoms with Crippen LogP contribution in [0.15, 0.2) is 46.3 Å². The minimum absolute atomic E-state index is 0.0751. The second kappa shape index (κ2) is 5.67. The highest BCUT2D eigenvalue weighted by atomic mass is 35.5. The highest BCUT2D eigenvalue weighted by Gasteiger charge is 2.56. The Kier molecular flexibility index (Phi) is 4.04. The summed E-state index contributed by atoms with van der Waals surface area (Å²) in [6.07, 6.45) is 0.749. The summed E-state index contributed by atoms with van der Waals surface area (Å²) < 4.78 is -0.683. The zero-order valence-electron chi connectivity index (χ0n) is 11.3. The summed E-state index contributed by atoms with van der Waals surface area (Å²) >= 11 is 14.0. The van der Waals surface area contributed by atoms with Crippen LogP contribution in [0.4, 0.5) is 0 Å². The Hall–Kier alpha value is -0.970. The number of halogens is 2. The van der Waals surface area contributed by atoms with E-state index in [2.05, 4.69) is 9.97 Å². The van der Waals surface area contributed by atoms with Crippen molar-refractivity contribution in [3.05, 3.63) is 58.0 Å². The number of aromatic nitrogens is 2. The van der Waals surface area contributed by atoms with Gasteiger partial charge in [-0.25, -0.2) is 4.98 Å². The second-order valence-electron chi connectivity index (χ2n) is 5.21. The zero-order valence-corrected chi connectivity index (χ0v) is 13.7. The van der Waals surface area contributed by atoms with E-state index in [1.807, 2.05) is 30.3 Å². The molecule has 1 aliphatic carbocycles. The van der Waals surface area contributed by atoms with Crippen molar-refractivity contribution in [1.82, 2.24) is 9.97 Å². The Morgan fingerprint density at radius 2 is 2.05 bits per heavy atom. The third-order valence-corrected chi connectivity index (χ3v) is 5.60. The quantitative estimate of drug-likeness (QED) is 0.517. The summed E-state index contributed by atoms with van der Waals surface area (Å²) in [6, 6.07) is 11.5. The maximum Gasteiger partial charge on any atom is 0.251 e. The summed E-state index contributed by atoms with van der Waals surface area (Å²) in [6.45, 7) is 1.81. The highest BCUT2D eigenvalue weighted by molar-refractivity contribution is 7.99. The first-order chi connectivity index (χ1) is 9.95. The summed E-state index contributed by atoms with van der Waals surface area (Å²) in [5.74, 6) is 0.152. The zero-order chi connectivity index (χ0) is 15.0. The molecule has 1 saturated carbocycles. The third kappa shape index (κ3) is 3.44. The third-order valence-electron chi connectivity index (χ3n) is 3.45. The number of H-pyrrole nitrogens is 1. The van der Waals surface area contributed by atoms with Crippen molar-refractivity contribution in [3.8, 4) is 0 Å². The van der Waals surface area contributed by atoms with E-state index in [0.717, 1.165) is 12.0 Å². The van der Waals surface area contributed by atoms with Crippen LogP contribution < -0.4 is 5.56 Å². The van der Waals surface area contributed by atoms with Gasteiger partial charge in [0, 0.05) is 22.9 Å². The van der Waals surface area contributed by atoms with Crippen LogP contribution in [0, 0.1) is 12.8 Å². The predicted octanol–water partition coefficient (Wildman–Crippen LogP) is 4.11. The van der Waals surface area contributed by atoms with Crippen LogP contribution in [0.3, 0.4) is 0 Å². The molecule has 0 bridgehead atoms. The Balaban J connectivity index is 1.91. The number of thioether (sulfide) groups is 1. The Labute approximate surface area is 137 Å². The van der Waals surface area contributed by atoms with Crippen molar-refractivity contribution in [2.24, 2.45) is 5.92 Å². The van der Waals surface area contributed by atoms with Crippen LogP contribution in [0.2, 0.25) is 0 Å². The number of hydrogen-bond acceptors (Lipinski definition) is 3. The standard InChI is InChI=1S/C15H14Cl2N2OS/c1-9-7-12(20)19-14(18-9)21-13(11-8-15(11,16)17)10-5-3-2-4-6-10/h2-7,11,13H,8H2,1H3,(H,18,19,20). The molecule has 3 rings (SSSR count). The van der Waals surface area contributed by atoms with Crippen LogP contribution in [0.5, 0.6) is 0 Å². The molecule has 1 fully saturated rings. The molecule has 110 valence electrons. The van der Waals surface area contributed by atoms with Gasteiger partial charge in [-0.1, -0.05) is 42.1 Å². The van der Waals surface area contributed by atoms with Gasteiger partial charge in [0.25, 0.3) is 5.56 Å². The van der Waals surface area contributed by atoms with Crippen LogP contribution >= 0.6 is 35.0 Å². The maximum absolute atomic E-state index is 11.6. The molecule has 1 N–H and O–H groups in total. The first-order valence-electron chi connectivity index (χ1n) is 6.63. The Bertz CT molecular complexity index is 702. The molecule has 1 aromatic heterocycles. The Morgan fingerprint density at radius 3 is 2.62 bits per heavy atom. The Morgan fingerprint density at radius 1 is 1.38 bits per heavy atom. The molecular formula is C15H14Cl2N2OS. The highest BCUT2D eigenvalue weighted by Crippen LogP contribution is 2.63. The van der Waals surface area contributed by atoms with Gasteiger partial charge >= 0.3 is 0 Å². The first kappa shape index (κ1) is 14.9. The summed E-state index contributed by atoms with van der Waals surface area (Å²) in [4.78, 5) is 18.7. The van der Waals surface area contributed by atoms with Crippen molar-refractivity contribution < 1.29 is 0 Å². The average Bonchev–Trinajstić information content (AvgIpc) is 3.04. The lowest BCUT2D eigenvalue weighted by atomic mass is 10.1. The van der Waals surface area contributed by atoms with Gasteiger partial charge in [-0.15, -0.1) is 23.2 Å². The smallest absolute Gasteiger partial charge is 0.251 e. The fraction of sp³-hybridized carbons (Fsp3) is 0.333. The fourth-order valence-electron chi connectivity index (χ4n) is 2.32. The number of nitrogens with one attached hydrogen (secondary N) is 1. The number of alkyl halides is 2. The van der Waals surface area contributed by atoms with Crippen molar-refractivity contribution >= 4 is 35.0 Å². The molecule has 0 amide bonds. The normalized spacial score (nSPS) is 21.0. The summed E-state index contributed by atoms with van der Waals surface area (Å²) in [5.41, 5.74) is 1.70. The molecule has 21 heavy (non-hydrogen) atoms. The summed E-state index contributed by atoms with van der Waals surface area (Å²) in [7, 11) is 0. The summed E-state index contributed by atoms with van der Waals surface area (Å²) in [5, 5.41) is 0.677. The monoisotopic (exact) mass is 340 g/mol. The van der Waals surface area contributed by atoms with Crippen molar-refractivity contribution in [2.75, 3.05) is 0 Å². The minimum Gasteiger partial charge on any atom is -0.301 e. The molecule has 1 aliphatic rings. The number of rotatable bonds is 4. The molecule has 2 aromatic rings. The lowest BCUT2D eigenvalue weighted by Gasteiger charge is -2.17. The van der Waals surface area contributed by atoms with Gasteiger partial charge in [0.2, 0.25) is 0 Å². The van der Waals surface area contributed by atoms with Gasteiger partial charge < -0.3 is 4.98 Å². The molecule has 0 saturated heterocycles. The second-order valence-corrected chi connectivity index (χ2v) is 7.89. The lowest BCUT2D eigenvalue weighted by molar-refractivity contribution is 0.786. The molecule has 2 unspecified atom stereocenters. The molecular weight excluding hydrogens is 327 g/mol. The molecule has 3 nitrogen and oxygen atoms in total. The molecule has 6 heteroatoms. The van der Waals surface area contributed by atoms with Crippen LogP contribution in [-0.2, 0) is 0 Å². The van der Waals surface area contributed by atoms with E-state index in [0.29, 0.717) is 10.9 Å². The van der Waals surface area contributed by atoms with Crippen molar-refractivity contribution in [2.45, 2.75) is 28.1 Å². The van der Waals surface area contributed by atoms with Gasteiger partial charge in [0.15, 0.2) is 5.16 Å². The largest absolute Gasteiger partial charge is 0.301 e. The van der Waals surface area contributed by atoms with Gasteiger partial charge in [0.1, 0.15) is 4.33 Å². The first-order valence-corrected chi connectivity index (χ1v) is 8.27. The molecule has 0 aliphatic heterocycles. The van der Waals surface area contributed by atoms with Crippen LogP contribution in [0.25, 0.3) is 0 Å². The molecule has 0 radical (unpaired) electrons. The molecule has 2 atom stereocenters. The van der Waals surface area contributed by atoms with E-state index in [1.165, 1.54) is 17.8 Å². The molecule has 1 aromatic carbocycles. The van der Waals surface area contributed by atoms with E-state index < -0.39 is 4.33 Å². The lowest BCUT2D eigenvalue weighted by Crippen LogP contribution is -2.10. The van der Waals surface area contributed by atoms with Crippen LogP contribution in [-0.4, -0.2) is 14.3 Å². The SMILES string of the molecule is Cc1cc(=O)[nH]c(SC(c2ccccc2)C2CC2(Cl)Cl)n1.